The van der Waals surface area contributed by atoms with Crippen molar-refractivity contribution in [3.05, 3.63) is 88.8 Å². The van der Waals surface area contributed by atoms with Crippen molar-refractivity contribution in [3.8, 4) is 17.6 Å². The minimum absolute atomic E-state index is 0.00469. The molecule has 2 atom stereocenters. The standard InChI is InChI=1S/C28H26N6O5/c1-17-13-23(33-39-17)28(2,37)12-11-19-9-10-22-21(14-19)34(3)27(36)20(16-38-22)29-26(35)25-30-24(31-32-25)15-18-7-5-4-6-8-18/h4-10,13-14,20,37H,15-16H2,1-3H3,(H,29,35)(H,30,31,32)/t20-,28-/m0/s1. The zero-order chi connectivity index (χ0) is 27.6. The number of aryl methyl sites for hydroxylation is 1. The maximum absolute atomic E-state index is 13.2. The lowest BCUT2D eigenvalue weighted by molar-refractivity contribution is -0.120. The molecular weight excluding hydrogens is 500 g/mol. The number of hydrogen-bond acceptors (Lipinski definition) is 8. The third-order valence-corrected chi connectivity index (χ3v) is 6.20. The number of anilines is 1. The van der Waals surface area contributed by atoms with Crippen LogP contribution in [0.15, 0.2) is 59.1 Å². The number of nitrogens with one attached hydrogen (secondary N) is 2. The van der Waals surface area contributed by atoms with Crippen LogP contribution in [-0.2, 0) is 16.8 Å². The van der Waals surface area contributed by atoms with Gasteiger partial charge in [0.25, 0.3) is 11.8 Å². The molecule has 0 aliphatic carbocycles. The number of aromatic amines is 1. The third kappa shape index (κ3) is 5.66. The molecule has 11 heteroatoms. The summed E-state index contributed by atoms with van der Waals surface area (Å²) in [5.41, 5.74) is 0.821. The van der Waals surface area contributed by atoms with E-state index in [-0.39, 0.29) is 18.3 Å². The molecule has 2 aromatic carbocycles. The Kier molecular flexibility index (Phi) is 6.87. The van der Waals surface area contributed by atoms with Crippen LogP contribution in [0.5, 0.6) is 5.75 Å². The largest absolute Gasteiger partial charge is 0.489 e. The predicted molar refractivity (Wildman–Crippen MR) is 140 cm³/mol. The van der Waals surface area contributed by atoms with Crippen molar-refractivity contribution in [1.82, 2.24) is 25.7 Å². The summed E-state index contributed by atoms with van der Waals surface area (Å²) >= 11 is 0. The lowest BCUT2D eigenvalue weighted by Crippen LogP contribution is -2.49. The molecule has 39 heavy (non-hydrogen) atoms. The third-order valence-electron chi connectivity index (χ3n) is 6.20. The van der Waals surface area contributed by atoms with Crippen LogP contribution in [0.2, 0.25) is 0 Å². The lowest BCUT2D eigenvalue weighted by Gasteiger charge is -2.20. The van der Waals surface area contributed by atoms with Crippen molar-refractivity contribution in [2.75, 3.05) is 18.6 Å². The summed E-state index contributed by atoms with van der Waals surface area (Å²) in [5, 5.41) is 25.2. The minimum Gasteiger partial charge on any atom is -0.489 e. The normalized spacial score (nSPS) is 16.3. The summed E-state index contributed by atoms with van der Waals surface area (Å²) in [6.07, 6.45) is 0.490. The van der Waals surface area contributed by atoms with E-state index in [2.05, 4.69) is 37.5 Å². The smallest absolute Gasteiger partial charge is 0.289 e. The molecule has 5 rings (SSSR count). The Morgan fingerprint density at radius 2 is 2.03 bits per heavy atom. The molecular formula is C28H26N6O5. The maximum atomic E-state index is 13.2. The van der Waals surface area contributed by atoms with Gasteiger partial charge in [0, 0.05) is 25.1 Å². The second kappa shape index (κ2) is 10.4. The lowest BCUT2D eigenvalue weighted by atomic mass is 10.0. The summed E-state index contributed by atoms with van der Waals surface area (Å²) in [6.45, 7) is 3.17. The van der Waals surface area contributed by atoms with E-state index in [1.54, 1.807) is 38.2 Å². The quantitative estimate of drug-likeness (QED) is 0.335. The highest BCUT2D eigenvalue weighted by atomic mass is 16.5. The SMILES string of the molecule is Cc1cc([C@@](C)(O)C#Cc2ccc3c(c2)N(C)C(=O)[C@@H](NC(=O)c2nnc(Cc4ccccc4)[nH]2)CO3)no1. The van der Waals surface area contributed by atoms with Gasteiger partial charge in [0.1, 0.15) is 35.7 Å². The van der Waals surface area contributed by atoms with Crippen molar-refractivity contribution in [3.63, 3.8) is 0 Å². The first-order chi connectivity index (χ1) is 18.7. The van der Waals surface area contributed by atoms with Gasteiger partial charge >= 0.3 is 0 Å². The number of likely N-dealkylation sites (N-methyl/N-ethyl adjacent to an activating group) is 1. The van der Waals surface area contributed by atoms with E-state index in [0.29, 0.717) is 40.7 Å². The van der Waals surface area contributed by atoms with E-state index in [1.165, 1.54) is 11.8 Å². The topological polar surface area (TPSA) is 146 Å². The molecule has 11 nitrogen and oxygen atoms in total. The summed E-state index contributed by atoms with van der Waals surface area (Å²) in [4.78, 5) is 30.4. The number of rotatable bonds is 5. The summed E-state index contributed by atoms with van der Waals surface area (Å²) < 4.78 is 10.9. The molecule has 0 spiro atoms. The number of benzene rings is 2. The van der Waals surface area contributed by atoms with E-state index >= 15 is 0 Å². The Labute approximate surface area is 224 Å². The van der Waals surface area contributed by atoms with E-state index < -0.39 is 17.6 Å². The molecule has 0 unspecified atom stereocenters. The molecule has 1 aliphatic rings. The van der Waals surface area contributed by atoms with Crippen LogP contribution >= 0.6 is 0 Å². The number of carbonyl (C=O) groups is 2. The van der Waals surface area contributed by atoms with Crippen molar-refractivity contribution >= 4 is 17.5 Å². The number of H-pyrrole nitrogens is 1. The highest BCUT2D eigenvalue weighted by Gasteiger charge is 2.32. The number of nitrogens with zero attached hydrogens (tertiary/aromatic N) is 4. The molecule has 3 heterocycles. The highest BCUT2D eigenvalue weighted by Crippen LogP contribution is 2.31. The fourth-order valence-electron chi connectivity index (χ4n) is 4.03. The maximum Gasteiger partial charge on any atom is 0.289 e. The van der Waals surface area contributed by atoms with Crippen LogP contribution in [0.3, 0.4) is 0 Å². The zero-order valence-electron chi connectivity index (χ0n) is 21.6. The molecule has 2 amide bonds. The molecule has 198 valence electrons. The molecule has 1 aliphatic heterocycles. The molecule has 3 N–H and O–H groups in total. The van der Waals surface area contributed by atoms with Gasteiger partial charge < -0.3 is 29.6 Å². The van der Waals surface area contributed by atoms with Crippen LogP contribution in [0.4, 0.5) is 5.69 Å². The number of ether oxygens (including phenoxy) is 1. The summed E-state index contributed by atoms with van der Waals surface area (Å²) in [5.74, 6) is 6.32. The number of aliphatic hydroxyl groups is 1. The number of aromatic nitrogens is 4. The van der Waals surface area contributed by atoms with Gasteiger partial charge in [-0.15, -0.1) is 10.2 Å². The Balaban J connectivity index is 1.28. The van der Waals surface area contributed by atoms with Gasteiger partial charge in [-0.25, -0.2) is 0 Å². The van der Waals surface area contributed by atoms with Crippen LogP contribution in [0.1, 0.15) is 45.9 Å². The number of amides is 2. The van der Waals surface area contributed by atoms with Crippen molar-refractivity contribution in [1.29, 1.82) is 0 Å². The van der Waals surface area contributed by atoms with Gasteiger partial charge in [-0.1, -0.05) is 47.3 Å². The molecule has 0 fully saturated rings. The van der Waals surface area contributed by atoms with E-state index in [9.17, 15) is 14.7 Å². The van der Waals surface area contributed by atoms with Crippen LogP contribution < -0.4 is 15.0 Å². The second-order valence-corrected chi connectivity index (χ2v) is 9.34. The Hall–Kier alpha value is -4.95. The second-order valence-electron chi connectivity index (χ2n) is 9.34. The first-order valence-corrected chi connectivity index (χ1v) is 12.2. The Bertz CT molecular complexity index is 1580. The molecule has 4 aromatic rings. The van der Waals surface area contributed by atoms with Crippen molar-refractivity contribution < 1.29 is 24.0 Å². The van der Waals surface area contributed by atoms with E-state index in [0.717, 1.165) is 5.56 Å². The van der Waals surface area contributed by atoms with Gasteiger partial charge in [-0.05, 0) is 37.6 Å². The monoisotopic (exact) mass is 526 g/mol. The molecule has 2 aromatic heterocycles. The van der Waals surface area contributed by atoms with E-state index in [1.807, 2.05) is 30.3 Å². The first-order valence-electron chi connectivity index (χ1n) is 12.2. The van der Waals surface area contributed by atoms with Crippen LogP contribution in [-0.4, -0.2) is 57.0 Å². The Morgan fingerprint density at radius 3 is 2.77 bits per heavy atom. The molecule has 0 bridgehead atoms. The molecule has 0 radical (unpaired) electrons. The first kappa shape index (κ1) is 25.7. The minimum atomic E-state index is -1.53. The average Bonchev–Trinajstić information content (AvgIpc) is 3.57. The Morgan fingerprint density at radius 1 is 1.23 bits per heavy atom. The van der Waals surface area contributed by atoms with Gasteiger partial charge in [0.05, 0.1) is 5.69 Å². The number of carbonyl (C=O) groups excluding carboxylic acids is 2. The predicted octanol–water partition coefficient (Wildman–Crippen LogP) is 2.10. The van der Waals surface area contributed by atoms with Crippen molar-refractivity contribution in [2.45, 2.75) is 31.9 Å². The van der Waals surface area contributed by atoms with Crippen molar-refractivity contribution in [2.24, 2.45) is 0 Å². The van der Waals surface area contributed by atoms with Gasteiger partial charge in [-0.2, -0.15) is 0 Å². The molecule has 0 saturated carbocycles. The van der Waals surface area contributed by atoms with Gasteiger partial charge in [0.2, 0.25) is 5.82 Å². The average molecular weight is 527 g/mol. The fraction of sp³-hybridized carbons (Fsp3) is 0.250. The summed E-state index contributed by atoms with van der Waals surface area (Å²) in [6, 6.07) is 15.4. The molecule has 0 saturated heterocycles. The summed E-state index contributed by atoms with van der Waals surface area (Å²) in [7, 11) is 1.59. The van der Waals surface area contributed by atoms with Crippen LogP contribution in [0.25, 0.3) is 0 Å². The van der Waals surface area contributed by atoms with Gasteiger partial charge in [0.15, 0.2) is 5.60 Å². The van der Waals surface area contributed by atoms with E-state index in [4.69, 9.17) is 9.26 Å². The van der Waals surface area contributed by atoms with Gasteiger partial charge in [-0.3, -0.25) is 9.59 Å². The van der Waals surface area contributed by atoms with Crippen LogP contribution in [0, 0.1) is 18.8 Å². The number of hydrogen-bond donors (Lipinski definition) is 3. The number of fused-ring (bicyclic) bond motifs is 1. The zero-order valence-corrected chi connectivity index (χ0v) is 21.6. The highest BCUT2D eigenvalue weighted by molar-refractivity contribution is 6.02. The fourth-order valence-corrected chi connectivity index (χ4v) is 4.03.